The lowest BCUT2D eigenvalue weighted by Crippen LogP contribution is -2.16. The van der Waals surface area contributed by atoms with Crippen LogP contribution in [0, 0.1) is 5.82 Å². The normalized spacial score (nSPS) is 14.0. The minimum absolute atomic E-state index is 0.0800. The van der Waals surface area contributed by atoms with E-state index in [1.165, 1.54) is 12.1 Å². The van der Waals surface area contributed by atoms with Gasteiger partial charge in [0.15, 0.2) is 5.84 Å². The minimum atomic E-state index is -0.404. The highest BCUT2D eigenvalue weighted by Crippen LogP contribution is 2.29. The van der Waals surface area contributed by atoms with Crippen LogP contribution in [0.1, 0.15) is 23.2 Å². The average molecular weight is 287 g/mol. The van der Waals surface area contributed by atoms with Crippen molar-refractivity contribution in [3.05, 3.63) is 53.0 Å². The van der Waals surface area contributed by atoms with Gasteiger partial charge in [0, 0.05) is 11.8 Å². The molecule has 0 unspecified atom stereocenters. The van der Waals surface area contributed by atoms with Crippen molar-refractivity contribution in [1.82, 2.24) is 4.98 Å². The SMILES string of the molecule is NC(=NO)c1cc2c(nc1Oc1cccc(F)c1)CCC2. The molecule has 0 saturated heterocycles. The number of amidine groups is 1. The second-order valence-electron chi connectivity index (χ2n) is 4.85. The van der Waals surface area contributed by atoms with Gasteiger partial charge in [-0.05, 0) is 43.0 Å². The van der Waals surface area contributed by atoms with Crippen LogP contribution in [0.3, 0.4) is 0 Å². The number of fused-ring (bicyclic) bond motifs is 1. The van der Waals surface area contributed by atoms with Crippen LogP contribution < -0.4 is 10.5 Å². The zero-order valence-corrected chi connectivity index (χ0v) is 11.2. The molecule has 1 aromatic carbocycles. The molecule has 1 aromatic heterocycles. The lowest BCUT2D eigenvalue weighted by Gasteiger charge is -2.11. The Hall–Kier alpha value is -2.63. The van der Waals surface area contributed by atoms with Crippen molar-refractivity contribution in [2.45, 2.75) is 19.3 Å². The Balaban J connectivity index is 2.04. The molecule has 0 aliphatic heterocycles. The molecular weight excluding hydrogens is 273 g/mol. The van der Waals surface area contributed by atoms with Crippen molar-refractivity contribution in [2.75, 3.05) is 0 Å². The van der Waals surface area contributed by atoms with Gasteiger partial charge in [-0.3, -0.25) is 0 Å². The van der Waals surface area contributed by atoms with Crippen molar-refractivity contribution >= 4 is 5.84 Å². The largest absolute Gasteiger partial charge is 0.438 e. The van der Waals surface area contributed by atoms with Gasteiger partial charge in [0.25, 0.3) is 0 Å². The Bertz CT molecular complexity index is 716. The summed E-state index contributed by atoms with van der Waals surface area (Å²) in [5, 5.41) is 11.9. The molecule has 1 aliphatic carbocycles. The molecule has 0 bridgehead atoms. The van der Waals surface area contributed by atoms with Gasteiger partial charge in [0.1, 0.15) is 11.6 Å². The molecule has 0 atom stereocenters. The molecule has 2 aromatic rings. The number of hydrogen-bond donors (Lipinski definition) is 2. The maximum absolute atomic E-state index is 13.2. The van der Waals surface area contributed by atoms with Crippen LogP contribution in [0.15, 0.2) is 35.5 Å². The van der Waals surface area contributed by atoms with Gasteiger partial charge >= 0.3 is 0 Å². The summed E-state index contributed by atoms with van der Waals surface area (Å²) >= 11 is 0. The molecule has 108 valence electrons. The molecule has 0 fully saturated rings. The summed E-state index contributed by atoms with van der Waals surface area (Å²) in [6.07, 6.45) is 2.79. The zero-order chi connectivity index (χ0) is 14.8. The van der Waals surface area contributed by atoms with E-state index in [2.05, 4.69) is 10.1 Å². The molecule has 6 heteroatoms. The molecule has 1 aliphatic rings. The van der Waals surface area contributed by atoms with Crippen molar-refractivity contribution < 1.29 is 14.3 Å². The number of benzene rings is 1. The second kappa shape index (κ2) is 5.40. The minimum Gasteiger partial charge on any atom is -0.438 e. The van der Waals surface area contributed by atoms with E-state index in [4.69, 9.17) is 15.7 Å². The van der Waals surface area contributed by atoms with Crippen LogP contribution in [0.25, 0.3) is 0 Å². The fraction of sp³-hybridized carbons (Fsp3) is 0.200. The first kappa shape index (κ1) is 13.4. The number of hydrogen-bond acceptors (Lipinski definition) is 4. The summed E-state index contributed by atoms with van der Waals surface area (Å²) in [6.45, 7) is 0. The molecule has 1 heterocycles. The number of halogens is 1. The van der Waals surface area contributed by atoms with Crippen LogP contribution in [-0.4, -0.2) is 16.0 Å². The van der Waals surface area contributed by atoms with Crippen molar-refractivity contribution in [3.63, 3.8) is 0 Å². The Labute approximate surface area is 120 Å². The lowest BCUT2D eigenvalue weighted by molar-refractivity contribution is 0.318. The maximum Gasteiger partial charge on any atom is 0.230 e. The van der Waals surface area contributed by atoms with E-state index in [1.807, 2.05) is 6.07 Å². The molecule has 5 nitrogen and oxygen atoms in total. The van der Waals surface area contributed by atoms with Gasteiger partial charge in [0.05, 0.1) is 5.56 Å². The summed E-state index contributed by atoms with van der Waals surface area (Å²) < 4.78 is 18.8. The quantitative estimate of drug-likeness (QED) is 0.393. The van der Waals surface area contributed by atoms with Gasteiger partial charge in [0.2, 0.25) is 5.88 Å². The third-order valence-corrected chi connectivity index (χ3v) is 3.41. The van der Waals surface area contributed by atoms with Crippen LogP contribution in [0.2, 0.25) is 0 Å². The van der Waals surface area contributed by atoms with Crippen LogP contribution >= 0.6 is 0 Å². The fourth-order valence-corrected chi connectivity index (χ4v) is 2.41. The van der Waals surface area contributed by atoms with E-state index >= 15 is 0 Å². The first-order chi connectivity index (χ1) is 10.2. The Morgan fingerprint density at radius 1 is 1.33 bits per heavy atom. The van der Waals surface area contributed by atoms with Gasteiger partial charge < -0.3 is 15.7 Å². The van der Waals surface area contributed by atoms with Gasteiger partial charge in [-0.1, -0.05) is 11.2 Å². The average Bonchev–Trinajstić information content (AvgIpc) is 2.93. The van der Waals surface area contributed by atoms with Crippen molar-refractivity contribution in [3.8, 4) is 11.6 Å². The predicted molar refractivity (Wildman–Crippen MR) is 75.2 cm³/mol. The number of rotatable bonds is 3. The van der Waals surface area contributed by atoms with E-state index in [0.29, 0.717) is 11.3 Å². The fourth-order valence-electron chi connectivity index (χ4n) is 2.41. The van der Waals surface area contributed by atoms with Crippen molar-refractivity contribution in [1.29, 1.82) is 0 Å². The topological polar surface area (TPSA) is 80.7 Å². The predicted octanol–water partition coefficient (Wildman–Crippen LogP) is 2.60. The number of nitrogens with two attached hydrogens (primary N) is 1. The molecule has 0 saturated carbocycles. The lowest BCUT2D eigenvalue weighted by atomic mass is 10.1. The smallest absolute Gasteiger partial charge is 0.230 e. The summed E-state index contributed by atoms with van der Waals surface area (Å²) in [7, 11) is 0. The highest BCUT2D eigenvalue weighted by molar-refractivity contribution is 5.99. The van der Waals surface area contributed by atoms with E-state index in [0.717, 1.165) is 30.5 Å². The Kier molecular flexibility index (Phi) is 3.43. The molecule has 0 radical (unpaired) electrons. The molecule has 21 heavy (non-hydrogen) atoms. The number of aromatic nitrogens is 1. The van der Waals surface area contributed by atoms with Gasteiger partial charge in [-0.25, -0.2) is 9.37 Å². The zero-order valence-electron chi connectivity index (χ0n) is 11.2. The Morgan fingerprint density at radius 3 is 2.95 bits per heavy atom. The summed E-state index contributed by atoms with van der Waals surface area (Å²) in [6, 6.07) is 7.56. The third kappa shape index (κ3) is 2.65. The standard InChI is InChI=1S/C15H14FN3O2/c16-10-4-2-5-11(8-10)21-15-12(14(17)19-20)7-9-3-1-6-13(9)18-15/h2,4-5,7-8,20H,1,3,6H2,(H2,17,19). The Morgan fingerprint density at radius 2 is 2.19 bits per heavy atom. The monoisotopic (exact) mass is 287 g/mol. The molecule has 3 rings (SSSR count). The van der Waals surface area contributed by atoms with Gasteiger partial charge in [-0.2, -0.15) is 0 Å². The summed E-state index contributed by atoms with van der Waals surface area (Å²) in [5.74, 6) is 0.0478. The third-order valence-electron chi connectivity index (χ3n) is 3.41. The highest BCUT2D eigenvalue weighted by Gasteiger charge is 2.20. The van der Waals surface area contributed by atoms with E-state index in [9.17, 15) is 4.39 Å². The molecule has 0 amide bonds. The number of oxime groups is 1. The maximum atomic E-state index is 13.2. The molecule has 3 N–H and O–H groups in total. The first-order valence-electron chi connectivity index (χ1n) is 6.61. The molecule has 0 spiro atoms. The number of aryl methyl sites for hydroxylation is 2. The number of nitrogens with zero attached hydrogens (tertiary/aromatic N) is 2. The molecular formula is C15H14FN3O2. The van der Waals surface area contributed by atoms with E-state index in [-0.39, 0.29) is 11.7 Å². The summed E-state index contributed by atoms with van der Waals surface area (Å²) in [5.41, 5.74) is 8.10. The van der Waals surface area contributed by atoms with Crippen molar-refractivity contribution in [2.24, 2.45) is 10.9 Å². The van der Waals surface area contributed by atoms with Crippen LogP contribution in [0.5, 0.6) is 11.6 Å². The van der Waals surface area contributed by atoms with Gasteiger partial charge in [-0.15, -0.1) is 0 Å². The second-order valence-corrected chi connectivity index (χ2v) is 4.85. The van der Waals surface area contributed by atoms with E-state index in [1.54, 1.807) is 12.1 Å². The number of pyridine rings is 1. The first-order valence-corrected chi connectivity index (χ1v) is 6.61. The van der Waals surface area contributed by atoms with E-state index < -0.39 is 5.82 Å². The highest BCUT2D eigenvalue weighted by atomic mass is 19.1. The number of ether oxygens (including phenoxy) is 1. The summed E-state index contributed by atoms with van der Waals surface area (Å²) in [4.78, 5) is 4.43. The van der Waals surface area contributed by atoms with Crippen LogP contribution in [-0.2, 0) is 12.8 Å². The van der Waals surface area contributed by atoms with Crippen LogP contribution in [0.4, 0.5) is 4.39 Å².